The molecule has 16 heavy (non-hydrogen) atoms. The van der Waals surface area contributed by atoms with Crippen molar-refractivity contribution < 1.29 is 4.79 Å². The zero-order valence-corrected chi connectivity index (χ0v) is 9.65. The summed E-state index contributed by atoms with van der Waals surface area (Å²) >= 11 is 5.62. The number of carbonyl (C=O) groups excluding carboxylic acids is 1. The van der Waals surface area contributed by atoms with Gasteiger partial charge in [0.25, 0.3) is 5.91 Å². The van der Waals surface area contributed by atoms with Crippen LogP contribution in [0.15, 0.2) is 35.4 Å². The molecule has 1 heterocycles. The van der Waals surface area contributed by atoms with Crippen LogP contribution in [0.25, 0.3) is 0 Å². The van der Waals surface area contributed by atoms with Crippen molar-refractivity contribution >= 4 is 28.9 Å². The maximum Gasteiger partial charge on any atom is 0.253 e. The number of hydrogen-bond donors (Lipinski definition) is 0. The maximum atomic E-state index is 11.7. The summed E-state index contributed by atoms with van der Waals surface area (Å²) in [6.45, 7) is 0. The first-order chi connectivity index (χ1) is 7.81. The molecular weight excluding hydrogens is 224 g/mol. The van der Waals surface area contributed by atoms with Crippen LogP contribution in [0.4, 0.5) is 5.69 Å². The number of hydrogen-bond acceptors (Lipinski definition) is 2. The first kappa shape index (κ1) is 11.1. The molecule has 0 fully saturated rings. The molecule has 0 saturated heterocycles. The van der Waals surface area contributed by atoms with Crippen molar-refractivity contribution in [3.8, 4) is 0 Å². The molecule has 0 bridgehead atoms. The van der Waals surface area contributed by atoms with E-state index in [1.54, 1.807) is 0 Å². The fourth-order valence-corrected chi connectivity index (χ4v) is 1.80. The van der Waals surface area contributed by atoms with Gasteiger partial charge in [-0.1, -0.05) is 18.2 Å². The van der Waals surface area contributed by atoms with Gasteiger partial charge in [-0.15, -0.1) is 11.6 Å². The number of alkyl halides is 1. The summed E-state index contributed by atoms with van der Waals surface area (Å²) < 4.78 is 0. The smallest absolute Gasteiger partial charge is 0.253 e. The topological polar surface area (TPSA) is 32.7 Å². The Balaban J connectivity index is 2.11. The van der Waals surface area contributed by atoms with Crippen LogP contribution in [-0.4, -0.2) is 17.5 Å². The highest BCUT2D eigenvalue weighted by Gasteiger charge is 2.24. The highest BCUT2D eigenvalue weighted by molar-refractivity contribution is 6.18. The minimum atomic E-state index is 0.0378. The summed E-state index contributed by atoms with van der Waals surface area (Å²) in [5.74, 6) is 0.647. The van der Waals surface area contributed by atoms with Gasteiger partial charge in [-0.2, -0.15) is 5.10 Å². The number of hydrazone groups is 1. The van der Waals surface area contributed by atoms with Gasteiger partial charge in [0.1, 0.15) is 0 Å². The monoisotopic (exact) mass is 236 g/mol. The number of halogens is 1. The van der Waals surface area contributed by atoms with Gasteiger partial charge in [0.15, 0.2) is 0 Å². The summed E-state index contributed by atoms with van der Waals surface area (Å²) in [6, 6.07) is 9.48. The lowest BCUT2D eigenvalue weighted by Gasteiger charge is -2.10. The average Bonchev–Trinajstić information content (AvgIpc) is 2.69. The summed E-state index contributed by atoms with van der Waals surface area (Å²) in [5, 5.41) is 5.79. The molecule has 1 amide bonds. The molecule has 4 heteroatoms. The predicted molar refractivity (Wildman–Crippen MR) is 65.9 cm³/mol. The molecule has 0 radical (unpaired) electrons. The molecule has 1 aliphatic heterocycles. The summed E-state index contributed by atoms with van der Waals surface area (Å²) in [6.07, 6.45) is 2.10. The minimum Gasteiger partial charge on any atom is -0.272 e. The third-order valence-corrected chi connectivity index (χ3v) is 2.70. The van der Waals surface area contributed by atoms with Crippen LogP contribution < -0.4 is 5.01 Å². The summed E-state index contributed by atoms with van der Waals surface area (Å²) in [4.78, 5) is 11.7. The molecule has 0 aliphatic carbocycles. The van der Waals surface area contributed by atoms with E-state index in [1.165, 1.54) is 5.01 Å². The van der Waals surface area contributed by atoms with Crippen molar-refractivity contribution in [2.24, 2.45) is 5.10 Å². The fraction of sp³-hybridized carbons (Fsp3) is 0.333. The number of carbonyl (C=O) groups is 1. The second-order valence-electron chi connectivity index (χ2n) is 3.68. The van der Waals surface area contributed by atoms with E-state index in [0.29, 0.717) is 12.3 Å². The number of rotatable bonds is 4. The molecule has 0 unspecified atom stereocenters. The van der Waals surface area contributed by atoms with E-state index >= 15 is 0 Å². The molecule has 0 aromatic heterocycles. The molecule has 0 saturated carbocycles. The standard InChI is InChI=1S/C12H13ClN2O/c13-8-4-5-10-9-12(16)15(14-10)11-6-2-1-3-7-11/h1-3,6-7H,4-5,8-9H2. The number of anilines is 1. The van der Waals surface area contributed by atoms with Crippen LogP contribution in [-0.2, 0) is 4.79 Å². The van der Waals surface area contributed by atoms with E-state index < -0.39 is 0 Å². The maximum absolute atomic E-state index is 11.7. The number of para-hydroxylation sites is 1. The van der Waals surface area contributed by atoms with E-state index in [1.807, 2.05) is 30.3 Å². The molecule has 84 valence electrons. The van der Waals surface area contributed by atoms with Crippen molar-refractivity contribution in [2.45, 2.75) is 19.3 Å². The van der Waals surface area contributed by atoms with Crippen molar-refractivity contribution in [3.63, 3.8) is 0 Å². The van der Waals surface area contributed by atoms with Crippen molar-refractivity contribution in [1.82, 2.24) is 0 Å². The van der Waals surface area contributed by atoms with Gasteiger partial charge in [-0.05, 0) is 25.0 Å². The first-order valence-electron chi connectivity index (χ1n) is 5.31. The average molecular weight is 237 g/mol. The quantitative estimate of drug-likeness (QED) is 0.740. The van der Waals surface area contributed by atoms with Gasteiger partial charge in [0.2, 0.25) is 0 Å². The van der Waals surface area contributed by atoms with Crippen molar-refractivity contribution in [1.29, 1.82) is 0 Å². The normalized spacial score (nSPS) is 15.4. The summed E-state index contributed by atoms with van der Waals surface area (Å²) in [5.41, 5.74) is 1.75. The first-order valence-corrected chi connectivity index (χ1v) is 5.85. The molecule has 2 rings (SSSR count). The lowest BCUT2D eigenvalue weighted by Crippen LogP contribution is -2.19. The van der Waals surface area contributed by atoms with Gasteiger partial charge < -0.3 is 0 Å². The lowest BCUT2D eigenvalue weighted by molar-refractivity contribution is -0.116. The number of amides is 1. The zero-order valence-electron chi connectivity index (χ0n) is 8.90. The van der Waals surface area contributed by atoms with Crippen LogP contribution in [0.5, 0.6) is 0 Å². The van der Waals surface area contributed by atoms with Gasteiger partial charge in [-0.3, -0.25) is 4.79 Å². The largest absolute Gasteiger partial charge is 0.272 e. The second-order valence-corrected chi connectivity index (χ2v) is 4.05. The van der Waals surface area contributed by atoms with E-state index in [9.17, 15) is 4.79 Å². The Hall–Kier alpha value is -1.35. The molecule has 1 aliphatic rings. The molecule has 0 spiro atoms. The molecule has 1 aromatic carbocycles. The third-order valence-electron chi connectivity index (χ3n) is 2.43. The van der Waals surface area contributed by atoms with E-state index in [2.05, 4.69) is 5.10 Å². The van der Waals surface area contributed by atoms with Crippen LogP contribution in [0.1, 0.15) is 19.3 Å². The Morgan fingerprint density at radius 3 is 2.75 bits per heavy atom. The number of nitrogens with zero attached hydrogens (tertiary/aromatic N) is 2. The van der Waals surface area contributed by atoms with Crippen LogP contribution in [0.2, 0.25) is 0 Å². The second kappa shape index (κ2) is 5.12. The van der Waals surface area contributed by atoms with Crippen LogP contribution in [0.3, 0.4) is 0 Å². The Bertz CT molecular complexity index is 403. The Kier molecular flexibility index (Phi) is 3.57. The molecule has 0 N–H and O–H groups in total. The SMILES string of the molecule is O=C1CC(CCCCl)=NN1c1ccccc1. The lowest BCUT2D eigenvalue weighted by atomic mass is 10.2. The van der Waals surface area contributed by atoms with Gasteiger partial charge in [-0.25, -0.2) is 5.01 Å². The van der Waals surface area contributed by atoms with Crippen LogP contribution >= 0.6 is 11.6 Å². The molecular formula is C12H13ClN2O. The highest BCUT2D eigenvalue weighted by Crippen LogP contribution is 2.21. The van der Waals surface area contributed by atoms with Gasteiger partial charge >= 0.3 is 0 Å². The van der Waals surface area contributed by atoms with E-state index in [0.717, 1.165) is 24.2 Å². The van der Waals surface area contributed by atoms with Crippen molar-refractivity contribution in [2.75, 3.05) is 10.9 Å². The molecule has 1 aromatic rings. The van der Waals surface area contributed by atoms with Crippen molar-refractivity contribution in [3.05, 3.63) is 30.3 Å². The van der Waals surface area contributed by atoms with E-state index in [-0.39, 0.29) is 5.91 Å². The fourth-order valence-electron chi connectivity index (χ4n) is 1.66. The van der Waals surface area contributed by atoms with E-state index in [4.69, 9.17) is 11.6 Å². The Morgan fingerprint density at radius 2 is 2.06 bits per heavy atom. The Morgan fingerprint density at radius 1 is 1.31 bits per heavy atom. The van der Waals surface area contributed by atoms with Gasteiger partial charge in [0, 0.05) is 11.6 Å². The van der Waals surface area contributed by atoms with Gasteiger partial charge in [0.05, 0.1) is 12.1 Å². The minimum absolute atomic E-state index is 0.0378. The highest BCUT2D eigenvalue weighted by atomic mass is 35.5. The zero-order chi connectivity index (χ0) is 11.4. The molecule has 0 atom stereocenters. The summed E-state index contributed by atoms with van der Waals surface area (Å²) in [7, 11) is 0. The third kappa shape index (κ3) is 2.42. The number of benzene rings is 1. The Labute approximate surface area is 99.7 Å². The predicted octanol–water partition coefficient (Wildman–Crippen LogP) is 2.80. The van der Waals surface area contributed by atoms with Crippen LogP contribution in [0, 0.1) is 0 Å². The molecule has 3 nitrogen and oxygen atoms in total.